The van der Waals surface area contributed by atoms with Gasteiger partial charge in [-0.05, 0) is 50.2 Å². The molecule has 3 aromatic rings. The van der Waals surface area contributed by atoms with Crippen molar-refractivity contribution in [3.63, 3.8) is 0 Å². The fraction of sp³-hybridized carbons (Fsp3) is 0.211. The Hall–Kier alpha value is -2.87. The molecule has 3 rings (SSSR count). The van der Waals surface area contributed by atoms with E-state index in [1.54, 1.807) is 45.0 Å². The quantitative estimate of drug-likeness (QED) is 0.668. The molecule has 0 aliphatic heterocycles. The molecule has 0 aliphatic rings. The van der Waals surface area contributed by atoms with Crippen LogP contribution >= 0.6 is 0 Å². The first-order valence-electron chi connectivity index (χ1n) is 8.26. The number of aryl methyl sites for hydroxylation is 1. The Morgan fingerprint density at radius 2 is 1.74 bits per heavy atom. The highest BCUT2D eigenvalue weighted by Crippen LogP contribution is 2.22. The smallest absolute Gasteiger partial charge is 0.285 e. The normalized spacial score (nSPS) is 13.4. The Morgan fingerprint density at radius 3 is 2.26 bits per heavy atom. The van der Waals surface area contributed by atoms with Gasteiger partial charge >= 0.3 is 0 Å². The minimum atomic E-state index is -3.04. The lowest BCUT2D eigenvalue weighted by Gasteiger charge is -2.13. The largest absolute Gasteiger partial charge is 0.339 e. The highest BCUT2D eigenvalue weighted by atomic mass is 32.2. The second kappa shape index (κ2) is 7.40. The van der Waals surface area contributed by atoms with E-state index in [1.165, 1.54) is 24.3 Å². The van der Waals surface area contributed by atoms with Gasteiger partial charge in [0.25, 0.3) is 5.91 Å². The number of carbonyl (C=O) groups excluding carboxylic acids is 1. The van der Waals surface area contributed by atoms with E-state index >= 15 is 0 Å². The predicted molar refractivity (Wildman–Crippen MR) is 99.2 cm³/mol. The molecule has 0 radical (unpaired) electrons. The van der Waals surface area contributed by atoms with Gasteiger partial charge in [-0.25, -0.2) is 8.60 Å². The van der Waals surface area contributed by atoms with Crippen LogP contribution in [0.4, 0.5) is 4.39 Å². The number of rotatable bonds is 4. The van der Waals surface area contributed by atoms with E-state index in [0.717, 1.165) is 0 Å². The maximum Gasteiger partial charge on any atom is 0.285 e. The SMILES string of the molecule is Cc1nc(-c2ccc(C(=O)N=S(=O)(c3ccc(F)cc3)C(C)C)cc2)no1. The van der Waals surface area contributed by atoms with Gasteiger partial charge in [0.05, 0.1) is 9.73 Å². The standard InChI is InChI=1S/C19H18FN3O3S/c1-12(2)27(25,17-10-8-16(20)9-11-17)23-19(24)15-6-4-14(5-7-15)18-21-13(3)26-22-18/h4-12H,1-3H3. The molecule has 1 aromatic heterocycles. The van der Waals surface area contributed by atoms with Gasteiger partial charge in [0.15, 0.2) is 0 Å². The van der Waals surface area contributed by atoms with Gasteiger partial charge in [-0.1, -0.05) is 17.3 Å². The van der Waals surface area contributed by atoms with Gasteiger partial charge in [0, 0.05) is 28.2 Å². The molecule has 1 amide bonds. The maximum absolute atomic E-state index is 13.3. The Kier molecular flexibility index (Phi) is 5.18. The predicted octanol–water partition coefficient (Wildman–Crippen LogP) is 4.26. The third-order valence-electron chi connectivity index (χ3n) is 3.93. The minimum absolute atomic E-state index is 0.287. The first kappa shape index (κ1) is 18.9. The molecule has 0 spiro atoms. The summed E-state index contributed by atoms with van der Waals surface area (Å²) in [5.74, 6) is -0.186. The Bertz CT molecular complexity index is 1080. The van der Waals surface area contributed by atoms with Crippen molar-refractivity contribution < 1.29 is 17.9 Å². The fourth-order valence-electron chi connectivity index (χ4n) is 2.41. The summed E-state index contributed by atoms with van der Waals surface area (Å²) in [4.78, 5) is 17.0. The molecule has 140 valence electrons. The maximum atomic E-state index is 13.3. The minimum Gasteiger partial charge on any atom is -0.339 e. The van der Waals surface area contributed by atoms with Crippen LogP contribution in [0.5, 0.6) is 0 Å². The number of hydrogen-bond acceptors (Lipinski definition) is 5. The van der Waals surface area contributed by atoms with Gasteiger partial charge in [-0.3, -0.25) is 4.79 Å². The summed E-state index contributed by atoms with van der Waals surface area (Å²) in [6.45, 7) is 5.11. The van der Waals surface area contributed by atoms with Crippen molar-refractivity contribution in [2.45, 2.75) is 30.9 Å². The number of amides is 1. The lowest BCUT2D eigenvalue weighted by atomic mass is 10.1. The third kappa shape index (κ3) is 3.95. The van der Waals surface area contributed by atoms with Crippen LogP contribution in [0, 0.1) is 12.7 Å². The van der Waals surface area contributed by atoms with Gasteiger partial charge in [-0.15, -0.1) is 0 Å². The lowest BCUT2D eigenvalue weighted by Crippen LogP contribution is -2.16. The van der Waals surface area contributed by atoms with Crippen molar-refractivity contribution in [3.05, 3.63) is 65.8 Å². The molecule has 0 bridgehead atoms. The summed E-state index contributed by atoms with van der Waals surface area (Å²) in [6, 6.07) is 11.7. The highest BCUT2D eigenvalue weighted by molar-refractivity contribution is 7.94. The molecule has 27 heavy (non-hydrogen) atoms. The van der Waals surface area contributed by atoms with Crippen LogP contribution in [0.1, 0.15) is 30.1 Å². The number of aromatic nitrogens is 2. The monoisotopic (exact) mass is 387 g/mol. The first-order chi connectivity index (χ1) is 12.8. The van der Waals surface area contributed by atoms with Crippen LogP contribution in [-0.2, 0) is 9.73 Å². The first-order valence-corrected chi connectivity index (χ1v) is 9.84. The number of nitrogens with zero attached hydrogens (tertiary/aromatic N) is 3. The van der Waals surface area contributed by atoms with E-state index < -0.39 is 26.7 Å². The topological polar surface area (TPSA) is 85.4 Å². The molecule has 0 saturated heterocycles. The summed E-state index contributed by atoms with van der Waals surface area (Å²) < 4.78 is 35.4. The fourth-order valence-corrected chi connectivity index (χ4v) is 4.15. The van der Waals surface area contributed by atoms with Crippen molar-refractivity contribution in [1.29, 1.82) is 0 Å². The van der Waals surface area contributed by atoms with Crippen LogP contribution in [0.15, 0.2) is 62.3 Å². The van der Waals surface area contributed by atoms with Gasteiger partial charge in [-0.2, -0.15) is 9.35 Å². The number of benzene rings is 2. The van der Waals surface area contributed by atoms with Crippen molar-refractivity contribution in [1.82, 2.24) is 10.1 Å². The molecule has 1 heterocycles. The third-order valence-corrected chi connectivity index (χ3v) is 6.59. The molecule has 6 nitrogen and oxygen atoms in total. The van der Waals surface area contributed by atoms with E-state index in [-0.39, 0.29) is 5.56 Å². The Morgan fingerprint density at radius 1 is 1.11 bits per heavy atom. The summed E-state index contributed by atoms with van der Waals surface area (Å²) in [6.07, 6.45) is 0. The lowest BCUT2D eigenvalue weighted by molar-refractivity contribution is 0.100. The van der Waals surface area contributed by atoms with Crippen LogP contribution in [0.25, 0.3) is 11.4 Å². The van der Waals surface area contributed by atoms with Crippen molar-refractivity contribution in [2.24, 2.45) is 4.36 Å². The average Bonchev–Trinajstić information content (AvgIpc) is 3.08. The summed E-state index contributed by atoms with van der Waals surface area (Å²) in [5.41, 5.74) is 0.973. The summed E-state index contributed by atoms with van der Waals surface area (Å²) in [5, 5.41) is 3.40. The molecule has 1 unspecified atom stereocenters. The van der Waals surface area contributed by atoms with Gasteiger partial charge in [0.1, 0.15) is 5.82 Å². The van der Waals surface area contributed by atoms with E-state index in [9.17, 15) is 13.4 Å². The molecule has 1 atom stereocenters. The Balaban J connectivity index is 1.95. The molecule has 0 aliphatic carbocycles. The molecular weight excluding hydrogens is 369 g/mol. The van der Waals surface area contributed by atoms with Crippen molar-refractivity contribution in [3.8, 4) is 11.4 Å². The molecular formula is C19H18FN3O3S. The molecule has 0 fully saturated rings. The zero-order valence-corrected chi connectivity index (χ0v) is 15.9. The van der Waals surface area contributed by atoms with Crippen molar-refractivity contribution in [2.75, 3.05) is 0 Å². The number of halogens is 1. The zero-order valence-electron chi connectivity index (χ0n) is 15.0. The van der Waals surface area contributed by atoms with Crippen LogP contribution in [0.3, 0.4) is 0 Å². The summed E-state index contributed by atoms with van der Waals surface area (Å²) >= 11 is 0. The second-order valence-electron chi connectivity index (χ2n) is 6.18. The zero-order chi connectivity index (χ0) is 19.6. The molecule has 0 N–H and O–H groups in total. The Labute approximate surface area is 156 Å². The van der Waals surface area contributed by atoms with Crippen LogP contribution in [-0.4, -0.2) is 25.5 Å². The molecule has 2 aromatic carbocycles. The van der Waals surface area contributed by atoms with Crippen molar-refractivity contribution >= 4 is 15.6 Å². The molecule has 0 saturated carbocycles. The average molecular weight is 387 g/mol. The van der Waals surface area contributed by atoms with E-state index in [0.29, 0.717) is 22.2 Å². The number of carbonyl (C=O) groups is 1. The van der Waals surface area contributed by atoms with Gasteiger partial charge < -0.3 is 4.52 Å². The summed E-state index contributed by atoms with van der Waals surface area (Å²) in [7, 11) is -3.04. The second-order valence-corrected chi connectivity index (χ2v) is 8.92. The highest BCUT2D eigenvalue weighted by Gasteiger charge is 2.20. The van der Waals surface area contributed by atoms with Crippen LogP contribution < -0.4 is 0 Å². The number of hydrogen-bond donors (Lipinski definition) is 0. The van der Waals surface area contributed by atoms with E-state index in [4.69, 9.17) is 4.52 Å². The molecule has 8 heteroatoms. The van der Waals surface area contributed by atoms with Crippen LogP contribution in [0.2, 0.25) is 0 Å². The van der Waals surface area contributed by atoms with E-state index in [1.807, 2.05) is 0 Å². The van der Waals surface area contributed by atoms with E-state index in [2.05, 4.69) is 14.5 Å². The van der Waals surface area contributed by atoms with Gasteiger partial charge in [0.2, 0.25) is 11.7 Å².